The minimum absolute atomic E-state index is 0.142. The van der Waals surface area contributed by atoms with Gasteiger partial charge in [-0.25, -0.2) is 0 Å². The van der Waals surface area contributed by atoms with Gasteiger partial charge in [-0.2, -0.15) is 0 Å². The van der Waals surface area contributed by atoms with Gasteiger partial charge in [-0.3, -0.25) is 0 Å². The zero-order valence-corrected chi connectivity index (χ0v) is 6.23. The topological polar surface area (TPSA) is 34.1 Å². The Morgan fingerprint density at radius 3 is 1.38 bits per heavy atom. The van der Waals surface area contributed by atoms with Gasteiger partial charge in [0.05, 0.1) is 0 Å². The minimum atomic E-state index is -0.142. The van der Waals surface area contributed by atoms with Gasteiger partial charge in [-0.15, -0.1) is 0 Å². The van der Waals surface area contributed by atoms with Gasteiger partial charge < -0.3 is 9.59 Å². The molecule has 6 radical (unpaired) electrons. The molecule has 0 saturated carbocycles. The maximum Gasteiger partial charge on any atom is 0.126 e. The molecule has 0 aliphatic rings. The molecule has 0 aliphatic heterocycles. The third kappa shape index (κ3) is 5.77. The zero-order valence-electron chi connectivity index (χ0n) is 4.23. The van der Waals surface area contributed by atoms with E-state index in [1.54, 1.807) is 0 Å². The molecule has 2 nitrogen and oxygen atoms in total. The lowest BCUT2D eigenvalue weighted by Crippen LogP contribution is -2.02. The van der Waals surface area contributed by atoms with Gasteiger partial charge in [0.1, 0.15) is 31.3 Å². The highest BCUT2D eigenvalue weighted by molar-refractivity contribution is 6.60. The minimum Gasteiger partial charge on any atom is -0.306 e. The highest BCUT2D eigenvalue weighted by atomic mass is 28.1. The van der Waals surface area contributed by atoms with Gasteiger partial charge in [0.2, 0.25) is 0 Å². The molecule has 8 heavy (non-hydrogen) atoms. The van der Waals surface area contributed by atoms with E-state index < -0.39 is 0 Å². The SMILES string of the molecule is O=C([Si])CCC(=O)[Si]. The van der Waals surface area contributed by atoms with E-state index >= 15 is 0 Å². The third-order valence-electron chi connectivity index (χ3n) is 0.579. The van der Waals surface area contributed by atoms with E-state index in [1.807, 2.05) is 0 Å². The van der Waals surface area contributed by atoms with E-state index in [0.29, 0.717) is 0 Å². The molecule has 0 saturated heterocycles. The Balaban J connectivity index is 3.18. The zero-order chi connectivity index (χ0) is 6.57. The lowest BCUT2D eigenvalue weighted by Gasteiger charge is -1.86. The summed E-state index contributed by atoms with van der Waals surface area (Å²) in [7, 11) is 5.47. The van der Waals surface area contributed by atoms with Crippen LogP contribution in [0.5, 0.6) is 0 Å². The second-order valence-electron chi connectivity index (χ2n) is 1.35. The molecule has 4 heteroatoms. The fraction of sp³-hybridized carbons (Fsp3) is 0.500. The smallest absolute Gasteiger partial charge is 0.126 e. The maximum absolute atomic E-state index is 10.1. The average molecular weight is 140 g/mol. The number of rotatable bonds is 3. The van der Waals surface area contributed by atoms with Crippen LogP contribution in [0, 0.1) is 0 Å². The molecule has 0 rings (SSSR count). The fourth-order valence-electron chi connectivity index (χ4n) is 0.227. The molecule has 0 aliphatic carbocycles. The van der Waals surface area contributed by atoms with Crippen molar-refractivity contribution in [2.45, 2.75) is 12.8 Å². The molecule has 0 heterocycles. The lowest BCUT2D eigenvalue weighted by molar-refractivity contribution is -0.116. The van der Waals surface area contributed by atoms with Gasteiger partial charge in [-0.1, -0.05) is 0 Å². The summed E-state index contributed by atoms with van der Waals surface area (Å²) in [6.07, 6.45) is 0.526. The Kier molecular flexibility index (Phi) is 3.63. The molecule has 0 N–H and O–H groups in total. The van der Waals surface area contributed by atoms with E-state index in [1.165, 1.54) is 0 Å². The van der Waals surface area contributed by atoms with E-state index in [2.05, 4.69) is 20.5 Å². The van der Waals surface area contributed by atoms with Crippen molar-refractivity contribution in [3.63, 3.8) is 0 Å². The summed E-state index contributed by atoms with van der Waals surface area (Å²) in [5.41, 5.74) is 0. The van der Waals surface area contributed by atoms with Crippen LogP contribution in [0.25, 0.3) is 0 Å². The molecule has 0 spiro atoms. The summed E-state index contributed by atoms with van der Waals surface area (Å²) in [4.78, 5) is 20.2. The van der Waals surface area contributed by atoms with Crippen LogP contribution in [0.2, 0.25) is 0 Å². The Morgan fingerprint density at radius 2 is 1.25 bits per heavy atom. The number of carbonyl (C=O) groups excluding carboxylic acids is 2. The Morgan fingerprint density at radius 1 is 1.00 bits per heavy atom. The highest BCUT2D eigenvalue weighted by Crippen LogP contribution is 1.85. The lowest BCUT2D eigenvalue weighted by atomic mass is 10.4. The first-order chi connectivity index (χ1) is 3.63. The Hall–Kier alpha value is -0.226. The summed E-state index contributed by atoms with van der Waals surface area (Å²) >= 11 is 0. The quantitative estimate of drug-likeness (QED) is 0.479. The van der Waals surface area contributed by atoms with Crippen LogP contribution in [0.4, 0.5) is 0 Å². The number of hydrogen-bond donors (Lipinski definition) is 0. The van der Waals surface area contributed by atoms with Crippen LogP contribution in [0.1, 0.15) is 12.8 Å². The summed E-state index contributed by atoms with van der Waals surface area (Å²) in [6, 6.07) is 0. The van der Waals surface area contributed by atoms with Gasteiger partial charge in [-0.05, 0) is 0 Å². The Bertz CT molecular complexity index is 96.6. The van der Waals surface area contributed by atoms with E-state index in [0.717, 1.165) is 0 Å². The molecular formula is C4H4O2Si2. The van der Waals surface area contributed by atoms with Crippen LogP contribution in [0.3, 0.4) is 0 Å². The fourth-order valence-corrected chi connectivity index (χ4v) is 0.477. The van der Waals surface area contributed by atoms with E-state index in [9.17, 15) is 9.59 Å². The summed E-state index contributed by atoms with van der Waals surface area (Å²) in [5.74, 6) is 0. The second kappa shape index (κ2) is 3.74. The van der Waals surface area contributed by atoms with Crippen molar-refractivity contribution in [1.82, 2.24) is 0 Å². The normalized spacial score (nSPS) is 8.75. The number of hydrogen-bond acceptors (Lipinski definition) is 2. The van der Waals surface area contributed by atoms with Crippen molar-refractivity contribution < 1.29 is 9.59 Å². The molecule has 0 bridgehead atoms. The van der Waals surface area contributed by atoms with Crippen molar-refractivity contribution in [2.75, 3.05) is 0 Å². The molecular weight excluding hydrogens is 136 g/mol. The predicted octanol–water partition coefficient (Wildman–Crippen LogP) is -0.843. The van der Waals surface area contributed by atoms with E-state index in [4.69, 9.17) is 0 Å². The molecule has 0 unspecified atom stereocenters. The first kappa shape index (κ1) is 7.77. The van der Waals surface area contributed by atoms with Gasteiger partial charge in [0.15, 0.2) is 0 Å². The van der Waals surface area contributed by atoms with Gasteiger partial charge in [0.25, 0.3) is 0 Å². The van der Waals surface area contributed by atoms with Crippen molar-refractivity contribution in [2.24, 2.45) is 0 Å². The van der Waals surface area contributed by atoms with Crippen LogP contribution in [-0.2, 0) is 9.59 Å². The average Bonchev–Trinajstić information content (AvgIpc) is 1.61. The molecule has 40 valence electrons. The molecule has 0 fully saturated rings. The molecule has 0 aromatic carbocycles. The van der Waals surface area contributed by atoms with Crippen LogP contribution in [-0.4, -0.2) is 31.3 Å². The molecule has 0 aromatic rings. The van der Waals surface area contributed by atoms with Gasteiger partial charge in [0, 0.05) is 12.8 Å². The Labute approximate surface area is 54.5 Å². The molecule has 0 atom stereocenters. The second-order valence-corrected chi connectivity index (χ2v) is 2.46. The first-order valence-corrected chi connectivity index (χ1v) is 3.12. The highest BCUT2D eigenvalue weighted by Gasteiger charge is 1.95. The molecule has 0 amide bonds. The summed E-state index contributed by atoms with van der Waals surface area (Å²) in [5, 5.41) is -0.284. The monoisotopic (exact) mass is 140 g/mol. The largest absolute Gasteiger partial charge is 0.306 e. The van der Waals surface area contributed by atoms with E-state index in [-0.39, 0.29) is 23.7 Å². The third-order valence-corrected chi connectivity index (χ3v) is 1.08. The summed E-state index contributed by atoms with van der Waals surface area (Å²) in [6.45, 7) is 0. The van der Waals surface area contributed by atoms with Crippen LogP contribution >= 0.6 is 0 Å². The van der Waals surface area contributed by atoms with Crippen LogP contribution in [0.15, 0.2) is 0 Å². The van der Waals surface area contributed by atoms with Crippen molar-refractivity contribution >= 4 is 31.3 Å². The van der Waals surface area contributed by atoms with Crippen molar-refractivity contribution in [3.8, 4) is 0 Å². The van der Waals surface area contributed by atoms with Crippen molar-refractivity contribution in [3.05, 3.63) is 0 Å². The molecule has 0 aromatic heterocycles. The number of carbonyl (C=O) groups is 2. The maximum atomic E-state index is 10.1. The standard InChI is InChI=1S/C4H4O2Si2/c5-3(7)1-2-4(6)8/h1-2H2. The van der Waals surface area contributed by atoms with Crippen LogP contribution < -0.4 is 0 Å². The predicted molar refractivity (Wildman–Crippen MR) is 30.8 cm³/mol. The van der Waals surface area contributed by atoms with Gasteiger partial charge >= 0.3 is 0 Å². The van der Waals surface area contributed by atoms with Crippen molar-refractivity contribution in [1.29, 1.82) is 0 Å². The summed E-state index contributed by atoms with van der Waals surface area (Å²) < 4.78 is 0. The first-order valence-electron chi connectivity index (χ1n) is 2.12.